The van der Waals surface area contributed by atoms with Crippen LogP contribution in [0.3, 0.4) is 0 Å². The molecule has 0 bridgehead atoms. The minimum atomic E-state index is -0.995. The third kappa shape index (κ3) is 3.73. The molecule has 1 saturated heterocycles. The molecule has 3 amide bonds. The number of urea groups is 1. The van der Waals surface area contributed by atoms with Gasteiger partial charge in [-0.1, -0.05) is 36.4 Å². The zero-order chi connectivity index (χ0) is 21.3. The van der Waals surface area contributed by atoms with Crippen molar-refractivity contribution in [3.05, 3.63) is 88.8 Å². The van der Waals surface area contributed by atoms with Crippen LogP contribution in [0, 0.1) is 6.92 Å². The first kappa shape index (κ1) is 19.2. The number of furan rings is 1. The summed E-state index contributed by atoms with van der Waals surface area (Å²) in [5, 5.41) is 11.7. The molecule has 30 heavy (non-hydrogen) atoms. The summed E-state index contributed by atoms with van der Waals surface area (Å²) in [6.45, 7) is 1.98. The molecule has 2 N–H and O–H groups in total. The molecule has 0 saturated carbocycles. The lowest BCUT2D eigenvalue weighted by molar-refractivity contribution is -0.123. The lowest BCUT2D eigenvalue weighted by Crippen LogP contribution is -2.30. The summed E-state index contributed by atoms with van der Waals surface area (Å²) in [4.78, 5) is 37.1. The maximum atomic E-state index is 12.6. The Kier molecular flexibility index (Phi) is 4.93. The predicted octanol–water partition coefficient (Wildman–Crippen LogP) is 4.05. The molecule has 0 radical (unpaired) electrons. The molecule has 1 fully saturated rings. The molecule has 2 heterocycles. The van der Waals surface area contributed by atoms with Crippen LogP contribution in [0.15, 0.2) is 70.8 Å². The van der Waals surface area contributed by atoms with Gasteiger partial charge in [-0.25, -0.2) is 9.59 Å². The zero-order valence-corrected chi connectivity index (χ0v) is 16.1. The summed E-state index contributed by atoms with van der Waals surface area (Å²) in [5.74, 6) is -0.486. The zero-order valence-electron chi connectivity index (χ0n) is 16.1. The molecule has 7 nitrogen and oxygen atoms in total. The molecule has 7 heteroatoms. The van der Waals surface area contributed by atoms with E-state index in [1.165, 1.54) is 12.1 Å². The second-order valence-electron chi connectivity index (χ2n) is 6.90. The van der Waals surface area contributed by atoms with Crippen molar-refractivity contribution in [2.75, 3.05) is 0 Å². The first-order valence-electron chi connectivity index (χ1n) is 9.25. The highest BCUT2D eigenvalue weighted by Gasteiger charge is 2.33. The lowest BCUT2D eigenvalue weighted by Gasteiger charge is -2.11. The number of amides is 3. The quantitative estimate of drug-likeness (QED) is 0.495. The number of hydrogen-bond acceptors (Lipinski definition) is 4. The normalized spacial score (nSPS) is 15.0. The van der Waals surface area contributed by atoms with Gasteiger partial charge in [0.2, 0.25) is 0 Å². The first-order valence-corrected chi connectivity index (χ1v) is 9.25. The number of carboxylic acid groups (broad SMARTS) is 1. The van der Waals surface area contributed by atoms with Crippen molar-refractivity contribution in [3.8, 4) is 11.3 Å². The van der Waals surface area contributed by atoms with Gasteiger partial charge < -0.3 is 14.8 Å². The topological polar surface area (TPSA) is 99.9 Å². The van der Waals surface area contributed by atoms with E-state index >= 15 is 0 Å². The summed E-state index contributed by atoms with van der Waals surface area (Å²) in [6, 6.07) is 16.9. The Bertz CT molecular complexity index is 1180. The Hall–Kier alpha value is -4.13. The van der Waals surface area contributed by atoms with Gasteiger partial charge >= 0.3 is 12.0 Å². The Morgan fingerprint density at radius 3 is 2.57 bits per heavy atom. The smallest absolute Gasteiger partial charge is 0.335 e. The summed E-state index contributed by atoms with van der Waals surface area (Å²) in [7, 11) is 0. The minimum Gasteiger partial charge on any atom is -0.478 e. The number of nitrogens with zero attached hydrogens (tertiary/aromatic N) is 1. The molecule has 1 aromatic heterocycles. The third-order valence-electron chi connectivity index (χ3n) is 4.80. The van der Waals surface area contributed by atoms with E-state index in [9.17, 15) is 14.4 Å². The fourth-order valence-electron chi connectivity index (χ4n) is 3.27. The Labute approximate surface area is 172 Å². The maximum absolute atomic E-state index is 12.6. The highest BCUT2D eigenvalue weighted by molar-refractivity contribution is 6.13. The fraction of sp³-hybridized carbons (Fsp3) is 0.0870. The van der Waals surface area contributed by atoms with E-state index in [0.717, 1.165) is 21.6 Å². The minimum absolute atomic E-state index is 0.134. The number of imide groups is 1. The molecule has 0 aliphatic carbocycles. The SMILES string of the molecule is Cc1cc(C(=O)O)ccc1-c1ccc(/C=C2\NC(=O)N(Cc3ccccc3)C2=O)o1. The van der Waals surface area contributed by atoms with Gasteiger partial charge in [0.05, 0.1) is 12.1 Å². The molecule has 0 atom stereocenters. The number of benzene rings is 2. The van der Waals surface area contributed by atoms with Crippen molar-refractivity contribution in [3.63, 3.8) is 0 Å². The van der Waals surface area contributed by atoms with Crippen LogP contribution in [-0.4, -0.2) is 27.9 Å². The van der Waals surface area contributed by atoms with Gasteiger partial charge in [-0.3, -0.25) is 9.69 Å². The monoisotopic (exact) mass is 402 g/mol. The van der Waals surface area contributed by atoms with Crippen molar-refractivity contribution >= 4 is 24.0 Å². The second kappa shape index (κ2) is 7.71. The van der Waals surface area contributed by atoms with Crippen LogP contribution >= 0.6 is 0 Å². The van der Waals surface area contributed by atoms with Gasteiger partial charge in [-0.15, -0.1) is 0 Å². The van der Waals surface area contributed by atoms with Gasteiger partial charge in [0.1, 0.15) is 17.2 Å². The van der Waals surface area contributed by atoms with Gasteiger partial charge in [-0.2, -0.15) is 0 Å². The molecule has 150 valence electrons. The van der Waals surface area contributed by atoms with Crippen LogP contribution in [0.4, 0.5) is 4.79 Å². The molecule has 1 aliphatic heterocycles. The van der Waals surface area contributed by atoms with Crippen molar-refractivity contribution in [1.82, 2.24) is 10.2 Å². The number of aryl methyl sites for hydroxylation is 1. The number of hydrogen-bond donors (Lipinski definition) is 2. The van der Waals surface area contributed by atoms with E-state index < -0.39 is 17.9 Å². The third-order valence-corrected chi connectivity index (χ3v) is 4.80. The Morgan fingerprint density at radius 1 is 1.10 bits per heavy atom. The summed E-state index contributed by atoms with van der Waals surface area (Å²) < 4.78 is 5.80. The predicted molar refractivity (Wildman–Crippen MR) is 109 cm³/mol. The summed E-state index contributed by atoms with van der Waals surface area (Å²) in [5.41, 5.74) is 2.68. The highest BCUT2D eigenvalue weighted by atomic mass is 16.4. The van der Waals surface area contributed by atoms with Crippen LogP contribution in [0.25, 0.3) is 17.4 Å². The number of nitrogens with one attached hydrogen (secondary N) is 1. The molecule has 1 aliphatic rings. The summed E-state index contributed by atoms with van der Waals surface area (Å²) in [6.07, 6.45) is 1.48. The van der Waals surface area contributed by atoms with Crippen molar-refractivity contribution in [1.29, 1.82) is 0 Å². The maximum Gasteiger partial charge on any atom is 0.335 e. The highest BCUT2D eigenvalue weighted by Crippen LogP contribution is 2.28. The van der Waals surface area contributed by atoms with E-state index in [2.05, 4.69) is 5.32 Å². The van der Waals surface area contributed by atoms with E-state index in [-0.39, 0.29) is 17.8 Å². The van der Waals surface area contributed by atoms with E-state index in [1.807, 2.05) is 30.3 Å². The molecule has 4 rings (SSSR count). The van der Waals surface area contributed by atoms with Crippen LogP contribution in [0.5, 0.6) is 0 Å². The Morgan fingerprint density at radius 2 is 1.87 bits per heavy atom. The largest absolute Gasteiger partial charge is 0.478 e. The second-order valence-corrected chi connectivity index (χ2v) is 6.90. The van der Waals surface area contributed by atoms with Crippen LogP contribution in [0.2, 0.25) is 0 Å². The molecule has 2 aromatic carbocycles. The van der Waals surface area contributed by atoms with Gasteiger partial charge in [-0.05, 0) is 42.3 Å². The number of carbonyl (C=O) groups is 3. The van der Waals surface area contributed by atoms with Crippen LogP contribution in [0.1, 0.15) is 27.2 Å². The molecular weight excluding hydrogens is 384 g/mol. The lowest BCUT2D eigenvalue weighted by atomic mass is 10.0. The number of carbonyl (C=O) groups excluding carboxylic acids is 2. The van der Waals surface area contributed by atoms with Gasteiger partial charge in [0.25, 0.3) is 5.91 Å². The van der Waals surface area contributed by atoms with Gasteiger partial charge in [0, 0.05) is 11.6 Å². The van der Waals surface area contributed by atoms with Crippen molar-refractivity contribution < 1.29 is 23.9 Å². The van der Waals surface area contributed by atoms with Gasteiger partial charge in [0.15, 0.2) is 0 Å². The molecular formula is C23H18N2O5. The molecule has 0 unspecified atom stereocenters. The average Bonchev–Trinajstić information content (AvgIpc) is 3.29. The van der Waals surface area contributed by atoms with Crippen molar-refractivity contribution in [2.45, 2.75) is 13.5 Å². The van der Waals surface area contributed by atoms with Crippen LogP contribution < -0.4 is 5.32 Å². The van der Waals surface area contributed by atoms with Crippen LogP contribution in [-0.2, 0) is 11.3 Å². The molecule has 3 aromatic rings. The van der Waals surface area contributed by atoms with E-state index in [1.54, 1.807) is 31.2 Å². The van der Waals surface area contributed by atoms with E-state index in [0.29, 0.717) is 11.5 Å². The summed E-state index contributed by atoms with van der Waals surface area (Å²) >= 11 is 0. The number of rotatable bonds is 5. The first-order chi connectivity index (χ1) is 14.4. The number of aromatic carboxylic acids is 1. The average molecular weight is 402 g/mol. The van der Waals surface area contributed by atoms with E-state index in [4.69, 9.17) is 9.52 Å². The van der Waals surface area contributed by atoms with Crippen molar-refractivity contribution in [2.24, 2.45) is 0 Å². The Balaban J connectivity index is 1.55. The number of carboxylic acids is 1. The molecule has 0 spiro atoms. The standard InChI is InChI=1S/C23H18N2O5/c1-14-11-16(22(27)28)7-9-18(14)20-10-8-17(30-20)12-19-21(26)25(23(29)24-19)13-15-5-3-2-4-6-15/h2-12H,13H2,1H3,(H,24,29)(H,27,28)/b19-12-. The fourth-order valence-corrected chi connectivity index (χ4v) is 3.27.